The van der Waals surface area contributed by atoms with Gasteiger partial charge in [-0.3, -0.25) is 0 Å². The third-order valence-corrected chi connectivity index (χ3v) is 3.41. The van der Waals surface area contributed by atoms with Crippen LogP contribution >= 0.6 is 0 Å². The van der Waals surface area contributed by atoms with Gasteiger partial charge in [0.05, 0.1) is 18.8 Å². The Morgan fingerprint density at radius 3 is 2.85 bits per heavy atom. The van der Waals surface area contributed by atoms with Gasteiger partial charge in [0.2, 0.25) is 0 Å². The zero-order chi connectivity index (χ0) is 14.2. The first-order valence-corrected chi connectivity index (χ1v) is 7.38. The van der Waals surface area contributed by atoms with Crippen molar-refractivity contribution in [1.29, 1.82) is 0 Å². The summed E-state index contributed by atoms with van der Waals surface area (Å²) >= 11 is 0. The van der Waals surface area contributed by atoms with E-state index in [4.69, 9.17) is 9.47 Å². The van der Waals surface area contributed by atoms with E-state index in [2.05, 4.69) is 5.32 Å². The van der Waals surface area contributed by atoms with Gasteiger partial charge in [0.1, 0.15) is 0 Å². The van der Waals surface area contributed by atoms with Gasteiger partial charge in [0.15, 0.2) is 0 Å². The van der Waals surface area contributed by atoms with Crippen LogP contribution in [0, 0.1) is 5.92 Å². The maximum atomic E-state index is 11.7. The Kier molecular flexibility index (Phi) is 5.87. The third kappa shape index (κ3) is 4.53. The van der Waals surface area contributed by atoms with Gasteiger partial charge in [-0.25, -0.2) is 4.79 Å². The molecule has 1 atom stereocenters. The monoisotopic (exact) mass is 277 g/mol. The van der Waals surface area contributed by atoms with E-state index in [1.54, 1.807) is 12.1 Å². The molecule has 1 saturated heterocycles. The first kappa shape index (κ1) is 14.9. The Bertz CT molecular complexity index is 410. The summed E-state index contributed by atoms with van der Waals surface area (Å²) in [5, 5.41) is 3.39. The molecule has 1 aromatic carbocycles. The van der Waals surface area contributed by atoms with Crippen molar-refractivity contribution in [2.45, 2.75) is 26.2 Å². The molecule has 0 amide bonds. The van der Waals surface area contributed by atoms with Crippen molar-refractivity contribution in [1.82, 2.24) is 0 Å². The van der Waals surface area contributed by atoms with Crippen molar-refractivity contribution < 1.29 is 14.3 Å². The Balaban J connectivity index is 1.80. The van der Waals surface area contributed by atoms with Crippen molar-refractivity contribution in [3.63, 3.8) is 0 Å². The molecule has 0 bridgehead atoms. The highest BCUT2D eigenvalue weighted by molar-refractivity contribution is 5.89. The van der Waals surface area contributed by atoms with E-state index in [1.807, 2.05) is 19.1 Å². The first-order chi connectivity index (χ1) is 9.79. The standard InChI is InChI=1S/C16H23NO3/c1-2-9-20-16(18)14-5-7-15(8-6-14)17-11-13-4-3-10-19-12-13/h5-8,13,17H,2-4,9-12H2,1H3. The number of nitrogens with one attached hydrogen (secondary N) is 1. The maximum absolute atomic E-state index is 11.7. The average Bonchev–Trinajstić information content (AvgIpc) is 2.52. The lowest BCUT2D eigenvalue weighted by atomic mass is 10.0. The number of benzene rings is 1. The topological polar surface area (TPSA) is 47.6 Å². The van der Waals surface area contributed by atoms with Crippen molar-refractivity contribution in [2.75, 3.05) is 31.7 Å². The second-order valence-corrected chi connectivity index (χ2v) is 5.18. The molecule has 4 nitrogen and oxygen atoms in total. The van der Waals surface area contributed by atoms with Crippen molar-refractivity contribution in [3.8, 4) is 0 Å². The molecule has 0 saturated carbocycles. The van der Waals surface area contributed by atoms with Crippen molar-refractivity contribution >= 4 is 11.7 Å². The quantitative estimate of drug-likeness (QED) is 0.812. The third-order valence-electron chi connectivity index (χ3n) is 3.41. The highest BCUT2D eigenvalue weighted by Crippen LogP contribution is 2.16. The number of ether oxygens (including phenoxy) is 2. The van der Waals surface area contributed by atoms with Gasteiger partial charge >= 0.3 is 5.97 Å². The zero-order valence-electron chi connectivity index (χ0n) is 12.1. The second kappa shape index (κ2) is 7.90. The van der Waals surface area contributed by atoms with Crippen LogP contribution in [0.1, 0.15) is 36.5 Å². The Labute approximate surface area is 120 Å². The Morgan fingerprint density at radius 2 is 2.20 bits per heavy atom. The summed E-state index contributed by atoms with van der Waals surface area (Å²) in [6.45, 7) is 5.11. The Hall–Kier alpha value is -1.55. The number of rotatable bonds is 6. The highest BCUT2D eigenvalue weighted by atomic mass is 16.5. The molecule has 0 spiro atoms. The van der Waals surface area contributed by atoms with Gasteiger partial charge in [-0.2, -0.15) is 0 Å². The molecule has 0 aromatic heterocycles. The molecule has 1 heterocycles. The van der Waals surface area contributed by atoms with Crippen LogP contribution in [0.2, 0.25) is 0 Å². The predicted octanol–water partition coefficient (Wildman–Crippen LogP) is 3.09. The second-order valence-electron chi connectivity index (χ2n) is 5.18. The lowest BCUT2D eigenvalue weighted by molar-refractivity contribution is 0.0505. The normalized spacial score (nSPS) is 18.6. The molecule has 4 heteroatoms. The van der Waals surface area contributed by atoms with Crippen LogP contribution in [0.25, 0.3) is 0 Å². The van der Waals surface area contributed by atoms with Gasteiger partial charge in [-0.05, 0) is 49.4 Å². The highest BCUT2D eigenvalue weighted by Gasteiger charge is 2.13. The van der Waals surface area contributed by atoms with Gasteiger partial charge in [0, 0.05) is 18.8 Å². The van der Waals surface area contributed by atoms with E-state index in [0.717, 1.165) is 38.3 Å². The largest absolute Gasteiger partial charge is 0.462 e. The average molecular weight is 277 g/mol. The summed E-state index contributed by atoms with van der Waals surface area (Å²) < 4.78 is 10.6. The summed E-state index contributed by atoms with van der Waals surface area (Å²) in [6, 6.07) is 7.45. The fourth-order valence-electron chi connectivity index (χ4n) is 2.23. The molecule has 1 fully saturated rings. The minimum Gasteiger partial charge on any atom is -0.462 e. The van der Waals surface area contributed by atoms with Gasteiger partial charge in [-0.15, -0.1) is 0 Å². The van der Waals surface area contributed by atoms with E-state index in [1.165, 1.54) is 6.42 Å². The number of esters is 1. The van der Waals surface area contributed by atoms with Crippen LogP contribution in [0.3, 0.4) is 0 Å². The summed E-state index contributed by atoms with van der Waals surface area (Å²) in [6.07, 6.45) is 3.21. The van der Waals surface area contributed by atoms with Crippen LogP contribution in [-0.4, -0.2) is 32.3 Å². The number of anilines is 1. The number of hydrogen-bond acceptors (Lipinski definition) is 4. The van der Waals surface area contributed by atoms with Gasteiger partial charge < -0.3 is 14.8 Å². The van der Waals surface area contributed by atoms with Crippen molar-refractivity contribution in [2.24, 2.45) is 5.92 Å². The maximum Gasteiger partial charge on any atom is 0.338 e. The molecule has 1 aliphatic heterocycles. The fourth-order valence-corrected chi connectivity index (χ4v) is 2.23. The molecule has 1 unspecified atom stereocenters. The van der Waals surface area contributed by atoms with E-state index in [9.17, 15) is 4.79 Å². The molecule has 1 aromatic rings. The summed E-state index contributed by atoms with van der Waals surface area (Å²) in [5.74, 6) is 0.331. The minimum atomic E-state index is -0.251. The van der Waals surface area contributed by atoms with Gasteiger partial charge in [-0.1, -0.05) is 6.92 Å². The molecule has 1 aliphatic rings. The lowest BCUT2D eigenvalue weighted by Crippen LogP contribution is -2.24. The molecule has 0 aliphatic carbocycles. The summed E-state index contributed by atoms with van der Waals surface area (Å²) in [4.78, 5) is 11.7. The van der Waals surface area contributed by atoms with E-state index in [-0.39, 0.29) is 5.97 Å². The lowest BCUT2D eigenvalue weighted by Gasteiger charge is -2.22. The zero-order valence-corrected chi connectivity index (χ0v) is 12.1. The predicted molar refractivity (Wildman–Crippen MR) is 79.0 cm³/mol. The Morgan fingerprint density at radius 1 is 1.40 bits per heavy atom. The molecule has 1 N–H and O–H groups in total. The number of hydrogen-bond donors (Lipinski definition) is 1. The van der Waals surface area contributed by atoms with Crippen LogP contribution in [0.15, 0.2) is 24.3 Å². The minimum absolute atomic E-state index is 0.251. The molecule has 20 heavy (non-hydrogen) atoms. The summed E-state index contributed by atoms with van der Waals surface area (Å²) in [5.41, 5.74) is 1.63. The van der Waals surface area contributed by atoms with E-state index < -0.39 is 0 Å². The number of carbonyl (C=O) groups excluding carboxylic acids is 1. The SMILES string of the molecule is CCCOC(=O)c1ccc(NCC2CCCOC2)cc1. The van der Waals surface area contributed by atoms with Gasteiger partial charge in [0.25, 0.3) is 0 Å². The number of carbonyl (C=O) groups is 1. The van der Waals surface area contributed by atoms with Crippen LogP contribution in [-0.2, 0) is 9.47 Å². The van der Waals surface area contributed by atoms with E-state index >= 15 is 0 Å². The van der Waals surface area contributed by atoms with Crippen LogP contribution in [0.4, 0.5) is 5.69 Å². The van der Waals surface area contributed by atoms with Crippen LogP contribution in [0.5, 0.6) is 0 Å². The molecule has 110 valence electrons. The molecular formula is C16H23NO3. The first-order valence-electron chi connectivity index (χ1n) is 7.38. The molecule has 2 rings (SSSR count). The smallest absolute Gasteiger partial charge is 0.338 e. The van der Waals surface area contributed by atoms with Crippen molar-refractivity contribution in [3.05, 3.63) is 29.8 Å². The van der Waals surface area contributed by atoms with E-state index in [0.29, 0.717) is 18.1 Å². The summed E-state index contributed by atoms with van der Waals surface area (Å²) in [7, 11) is 0. The van der Waals surface area contributed by atoms with Crippen LogP contribution < -0.4 is 5.32 Å². The molecular weight excluding hydrogens is 254 g/mol. The fraction of sp³-hybridized carbons (Fsp3) is 0.562. The molecule has 0 radical (unpaired) electrons.